The Morgan fingerprint density at radius 2 is 1.18 bits per heavy atom. The summed E-state index contributed by atoms with van der Waals surface area (Å²) >= 11 is 0. The first-order valence-corrected chi connectivity index (χ1v) is 5.83. The predicted octanol–water partition coefficient (Wildman–Crippen LogP) is -0.619. The summed E-state index contributed by atoms with van der Waals surface area (Å²) in [5, 5.41) is 19.1. The molecule has 0 unspecified atom stereocenters. The van der Waals surface area contributed by atoms with Gasteiger partial charge in [0, 0.05) is 0 Å². The second-order valence-electron chi connectivity index (χ2n) is 3.20. The third kappa shape index (κ3) is 3.10. The van der Waals surface area contributed by atoms with Crippen LogP contribution >= 0.6 is 0 Å². The van der Waals surface area contributed by atoms with Crippen molar-refractivity contribution in [1.82, 2.24) is 0 Å². The van der Waals surface area contributed by atoms with E-state index in [0.29, 0.717) is 9.79 Å². The van der Waals surface area contributed by atoms with Crippen molar-refractivity contribution in [2.45, 2.75) is 9.79 Å². The van der Waals surface area contributed by atoms with Crippen molar-refractivity contribution in [3.63, 3.8) is 0 Å². The van der Waals surface area contributed by atoms with Crippen LogP contribution in [-0.4, -0.2) is 14.4 Å². The molecular weight excluding hydrogens is 247 g/mol. The van der Waals surface area contributed by atoms with E-state index in [1.165, 1.54) is 12.1 Å². The van der Waals surface area contributed by atoms with E-state index in [0.717, 1.165) is 0 Å². The molecule has 0 saturated heterocycles. The summed E-state index contributed by atoms with van der Waals surface area (Å²) < 4.78 is 12.1. The Morgan fingerprint density at radius 3 is 1.53 bits per heavy atom. The molecule has 0 saturated carbocycles. The second-order valence-corrected chi connectivity index (χ2v) is 4.62. The van der Waals surface area contributed by atoms with E-state index in [-0.39, 0.29) is 42.5 Å². The number of hydrogen-bond donors (Lipinski definition) is 2. The second kappa shape index (κ2) is 6.21. The standard InChI is InChI=1S/C12H10O3S.Na.H/c13-9-5-1-3-7-11(9)16(15)12-8-4-2-6-10(12)14;;/h1-8,13-14H;;/q;+1;-1. The van der Waals surface area contributed by atoms with Gasteiger partial charge in [-0.05, 0) is 24.3 Å². The largest absolute Gasteiger partial charge is 1.00 e. The van der Waals surface area contributed by atoms with Crippen LogP contribution in [-0.2, 0) is 10.8 Å². The number of phenolic OH excluding ortho intramolecular Hbond substituents is 2. The van der Waals surface area contributed by atoms with Crippen molar-refractivity contribution < 1.29 is 45.4 Å². The number of para-hydroxylation sites is 2. The van der Waals surface area contributed by atoms with E-state index in [4.69, 9.17) is 0 Å². The van der Waals surface area contributed by atoms with Crippen LogP contribution < -0.4 is 29.6 Å². The molecular formula is C12H11NaO3S. The van der Waals surface area contributed by atoms with Gasteiger partial charge in [0.25, 0.3) is 0 Å². The van der Waals surface area contributed by atoms with Gasteiger partial charge in [-0.1, -0.05) is 24.3 Å². The van der Waals surface area contributed by atoms with Gasteiger partial charge in [0.1, 0.15) is 11.5 Å². The third-order valence-electron chi connectivity index (χ3n) is 2.13. The first-order chi connectivity index (χ1) is 7.70. The molecule has 0 heterocycles. The molecule has 0 aliphatic carbocycles. The van der Waals surface area contributed by atoms with Gasteiger partial charge < -0.3 is 11.6 Å². The fourth-order valence-electron chi connectivity index (χ4n) is 1.35. The normalized spacial score (nSPS) is 9.94. The van der Waals surface area contributed by atoms with Gasteiger partial charge in [0.2, 0.25) is 0 Å². The summed E-state index contributed by atoms with van der Waals surface area (Å²) in [6.45, 7) is 0. The van der Waals surface area contributed by atoms with E-state index >= 15 is 0 Å². The van der Waals surface area contributed by atoms with E-state index in [2.05, 4.69) is 0 Å². The zero-order chi connectivity index (χ0) is 11.5. The summed E-state index contributed by atoms with van der Waals surface area (Å²) in [7, 11) is -1.57. The molecule has 0 bridgehead atoms. The van der Waals surface area contributed by atoms with Crippen LogP contribution in [0.2, 0.25) is 0 Å². The Labute approximate surface area is 125 Å². The van der Waals surface area contributed by atoms with Crippen molar-refractivity contribution in [3.8, 4) is 11.5 Å². The summed E-state index contributed by atoms with van der Waals surface area (Å²) in [5.74, 6) is -0.0758. The van der Waals surface area contributed by atoms with Crippen LogP contribution in [0.3, 0.4) is 0 Å². The molecule has 0 aromatic heterocycles. The van der Waals surface area contributed by atoms with E-state index in [1.807, 2.05) is 0 Å². The summed E-state index contributed by atoms with van der Waals surface area (Å²) in [4.78, 5) is 0.591. The van der Waals surface area contributed by atoms with E-state index in [1.54, 1.807) is 36.4 Å². The Morgan fingerprint density at radius 1 is 0.824 bits per heavy atom. The summed E-state index contributed by atoms with van der Waals surface area (Å²) in [6, 6.07) is 12.7. The number of aromatic hydroxyl groups is 2. The zero-order valence-electron chi connectivity index (χ0n) is 10.3. The zero-order valence-corrected chi connectivity index (χ0v) is 12.1. The van der Waals surface area contributed by atoms with Gasteiger partial charge in [-0.25, -0.2) is 4.21 Å². The molecule has 0 aliphatic rings. The van der Waals surface area contributed by atoms with Gasteiger partial charge in [-0.15, -0.1) is 0 Å². The average Bonchev–Trinajstić information content (AvgIpc) is 2.29. The van der Waals surface area contributed by atoms with Gasteiger partial charge in [0.15, 0.2) is 0 Å². The predicted molar refractivity (Wildman–Crippen MR) is 62.0 cm³/mol. The molecule has 0 amide bonds. The fourth-order valence-corrected chi connectivity index (χ4v) is 2.50. The van der Waals surface area contributed by atoms with E-state index in [9.17, 15) is 14.4 Å². The fraction of sp³-hybridized carbons (Fsp3) is 0. The maximum absolute atomic E-state index is 12.1. The van der Waals surface area contributed by atoms with Gasteiger partial charge in [-0.2, -0.15) is 0 Å². The van der Waals surface area contributed by atoms with Crippen LogP contribution in [0.15, 0.2) is 58.3 Å². The summed E-state index contributed by atoms with van der Waals surface area (Å²) in [6.07, 6.45) is 0. The van der Waals surface area contributed by atoms with E-state index < -0.39 is 10.8 Å². The number of phenols is 2. The monoisotopic (exact) mass is 258 g/mol. The first-order valence-electron chi connectivity index (χ1n) is 4.68. The molecule has 2 rings (SSSR count). The minimum Gasteiger partial charge on any atom is -1.00 e. The molecule has 2 aromatic rings. The van der Waals surface area contributed by atoms with Gasteiger partial charge in [-0.3, -0.25) is 0 Å². The first kappa shape index (κ1) is 14.3. The number of benzene rings is 2. The van der Waals surface area contributed by atoms with Crippen molar-refractivity contribution in [1.29, 1.82) is 0 Å². The van der Waals surface area contributed by atoms with Crippen LogP contribution in [0.5, 0.6) is 11.5 Å². The topological polar surface area (TPSA) is 57.5 Å². The maximum atomic E-state index is 12.1. The molecule has 2 N–H and O–H groups in total. The van der Waals surface area contributed by atoms with Crippen molar-refractivity contribution >= 4 is 10.8 Å². The van der Waals surface area contributed by atoms with Crippen LogP contribution in [0.4, 0.5) is 0 Å². The quantitative estimate of drug-likeness (QED) is 0.706. The van der Waals surface area contributed by atoms with Crippen molar-refractivity contribution in [2.24, 2.45) is 0 Å². The molecule has 17 heavy (non-hydrogen) atoms. The molecule has 0 spiro atoms. The molecule has 2 aromatic carbocycles. The van der Waals surface area contributed by atoms with Crippen LogP contribution in [0, 0.1) is 0 Å². The Balaban J connectivity index is 0.00000144. The molecule has 3 nitrogen and oxygen atoms in total. The molecule has 0 fully saturated rings. The minimum absolute atomic E-state index is 0. The molecule has 0 aliphatic heterocycles. The smallest absolute Gasteiger partial charge is 1.00 e. The number of hydrogen-bond acceptors (Lipinski definition) is 3. The SMILES string of the molecule is O=S(c1ccccc1O)c1ccccc1O.[H-].[Na+]. The minimum atomic E-state index is -1.57. The third-order valence-corrected chi connectivity index (χ3v) is 3.62. The number of rotatable bonds is 2. The van der Waals surface area contributed by atoms with Crippen molar-refractivity contribution in [2.75, 3.05) is 0 Å². The van der Waals surface area contributed by atoms with Crippen LogP contribution in [0.1, 0.15) is 1.43 Å². The summed E-state index contributed by atoms with van der Waals surface area (Å²) in [5.41, 5.74) is 0. The molecule has 0 radical (unpaired) electrons. The average molecular weight is 258 g/mol. The molecule has 5 heteroatoms. The maximum Gasteiger partial charge on any atom is 1.00 e. The Bertz CT molecular complexity index is 501. The molecule has 0 atom stereocenters. The van der Waals surface area contributed by atoms with Crippen molar-refractivity contribution in [3.05, 3.63) is 48.5 Å². The Kier molecular flexibility index (Phi) is 5.21. The van der Waals surface area contributed by atoms with Crippen LogP contribution in [0.25, 0.3) is 0 Å². The van der Waals surface area contributed by atoms with Gasteiger partial charge >= 0.3 is 29.6 Å². The Hall–Kier alpha value is -0.810. The van der Waals surface area contributed by atoms with Gasteiger partial charge in [0.05, 0.1) is 20.6 Å². The molecule has 84 valence electrons.